The number of benzene rings is 4. The van der Waals surface area contributed by atoms with Gasteiger partial charge in [-0.15, -0.1) is 0 Å². The average Bonchev–Trinajstić information content (AvgIpc) is 2.88. The highest BCUT2D eigenvalue weighted by Gasteiger charge is 2.52. The van der Waals surface area contributed by atoms with Gasteiger partial charge in [0.1, 0.15) is 11.4 Å². The molecule has 0 amide bonds. The van der Waals surface area contributed by atoms with Gasteiger partial charge in [0, 0.05) is 22.9 Å². The van der Waals surface area contributed by atoms with Crippen LogP contribution < -0.4 is 4.74 Å². The van der Waals surface area contributed by atoms with Crippen molar-refractivity contribution in [3.05, 3.63) is 113 Å². The first-order valence-corrected chi connectivity index (χ1v) is 12.6. The van der Waals surface area contributed by atoms with Gasteiger partial charge >= 0.3 is 5.97 Å². The lowest BCUT2D eigenvalue weighted by atomic mass is 9.65. The van der Waals surface area contributed by atoms with Gasteiger partial charge in [-0.2, -0.15) is 5.26 Å². The third-order valence-electron chi connectivity index (χ3n) is 6.47. The van der Waals surface area contributed by atoms with Crippen LogP contribution in [0.4, 0.5) is 0 Å². The number of methoxy groups -OCH3 is 1. The first-order valence-electron chi connectivity index (χ1n) is 12.2. The van der Waals surface area contributed by atoms with E-state index in [-0.39, 0.29) is 6.42 Å². The van der Waals surface area contributed by atoms with Crippen LogP contribution in [-0.4, -0.2) is 18.7 Å². The van der Waals surface area contributed by atoms with Gasteiger partial charge in [-0.1, -0.05) is 90.5 Å². The lowest BCUT2D eigenvalue weighted by Crippen LogP contribution is -2.43. The molecule has 0 fully saturated rings. The summed E-state index contributed by atoms with van der Waals surface area (Å²) < 4.78 is 11.7. The maximum Gasteiger partial charge on any atom is 0.328 e. The number of nitriles is 1. The number of hydrogen-bond donors (Lipinski definition) is 0. The summed E-state index contributed by atoms with van der Waals surface area (Å²) >= 11 is 6.59. The molecule has 37 heavy (non-hydrogen) atoms. The molecule has 4 nitrogen and oxygen atoms in total. The summed E-state index contributed by atoms with van der Waals surface area (Å²) in [5.74, 6) is -0.736. The normalized spacial score (nSPS) is 13.8. The van der Waals surface area contributed by atoms with Gasteiger partial charge in [-0.25, -0.2) is 0 Å². The summed E-state index contributed by atoms with van der Waals surface area (Å²) in [6.45, 7) is 5.41. The molecule has 0 aliphatic rings. The number of para-hydroxylation sites is 1. The van der Waals surface area contributed by atoms with E-state index in [9.17, 15) is 10.1 Å². The summed E-state index contributed by atoms with van der Waals surface area (Å²) in [5, 5.41) is 13.4. The summed E-state index contributed by atoms with van der Waals surface area (Å²) in [7, 11) is 1.59. The number of carbonyl (C=O) groups is 1. The Bertz CT molecular complexity index is 1460. The van der Waals surface area contributed by atoms with Crippen LogP contribution in [0, 0.1) is 16.7 Å². The Morgan fingerprint density at radius 2 is 1.51 bits per heavy atom. The summed E-state index contributed by atoms with van der Waals surface area (Å²) in [4.78, 5) is 14.2. The molecule has 0 spiro atoms. The molecule has 0 bridgehead atoms. The number of esters is 1. The van der Waals surface area contributed by atoms with Crippen molar-refractivity contribution in [2.75, 3.05) is 7.11 Å². The third-order valence-corrected chi connectivity index (χ3v) is 6.84. The van der Waals surface area contributed by atoms with Gasteiger partial charge < -0.3 is 9.47 Å². The zero-order valence-corrected chi connectivity index (χ0v) is 22.3. The number of carbonyl (C=O) groups excluding carboxylic acids is 1. The fraction of sp³-hybridized carbons (Fsp3) is 0.250. The predicted octanol–water partition coefficient (Wildman–Crippen LogP) is 7.73. The zero-order chi connectivity index (χ0) is 26.6. The first-order chi connectivity index (χ1) is 17.7. The van der Waals surface area contributed by atoms with Crippen LogP contribution in [0.15, 0.2) is 91.0 Å². The van der Waals surface area contributed by atoms with Crippen LogP contribution in [0.2, 0.25) is 5.02 Å². The van der Waals surface area contributed by atoms with Gasteiger partial charge in [0.25, 0.3) is 0 Å². The second kappa shape index (κ2) is 10.7. The SMILES string of the molecule is COc1ccccc1C(c1cccc2ccccc12)C(C#N)(Cc1ccccc1Cl)C(=O)OC(C)(C)C. The second-order valence-electron chi connectivity index (χ2n) is 10.1. The predicted molar refractivity (Wildman–Crippen MR) is 148 cm³/mol. The second-order valence-corrected chi connectivity index (χ2v) is 10.5. The smallest absolute Gasteiger partial charge is 0.328 e. The molecule has 0 heterocycles. The van der Waals surface area contributed by atoms with E-state index >= 15 is 0 Å². The van der Waals surface area contributed by atoms with Crippen LogP contribution in [0.3, 0.4) is 0 Å². The number of nitrogens with zero attached hydrogens (tertiary/aromatic N) is 1. The highest BCUT2D eigenvalue weighted by atomic mass is 35.5. The Morgan fingerprint density at radius 1 is 0.892 bits per heavy atom. The van der Waals surface area contributed by atoms with Gasteiger partial charge in [0.2, 0.25) is 0 Å². The molecule has 0 saturated heterocycles. The van der Waals surface area contributed by atoms with Crippen molar-refractivity contribution in [3.8, 4) is 11.8 Å². The molecule has 4 aromatic rings. The van der Waals surface area contributed by atoms with Crippen LogP contribution in [-0.2, 0) is 16.0 Å². The van der Waals surface area contributed by atoms with Crippen LogP contribution in [0.25, 0.3) is 10.8 Å². The van der Waals surface area contributed by atoms with Crippen LogP contribution in [0.5, 0.6) is 5.75 Å². The zero-order valence-electron chi connectivity index (χ0n) is 21.5. The van der Waals surface area contributed by atoms with Crippen molar-refractivity contribution >= 4 is 28.3 Å². The Balaban J connectivity index is 2.09. The highest BCUT2D eigenvalue weighted by Crippen LogP contribution is 2.49. The molecule has 4 aromatic carbocycles. The maximum atomic E-state index is 14.2. The van der Waals surface area contributed by atoms with E-state index in [4.69, 9.17) is 21.1 Å². The summed E-state index contributed by atoms with van der Waals surface area (Å²) in [5.41, 5.74) is -0.208. The van der Waals surface area contributed by atoms with E-state index in [0.717, 1.165) is 21.9 Å². The number of fused-ring (bicyclic) bond motifs is 1. The molecular weight excluding hydrogens is 482 g/mol. The molecule has 0 aliphatic heterocycles. The average molecular weight is 512 g/mol. The van der Waals surface area contributed by atoms with Gasteiger partial charge in [-0.3, -0.25) is 4.79 Å². The van der Waals surface area contributed by atoms with E-state index in [2.05, 4.69) is 6.07 Å². The minimum atomic E-state index is -1.66. The van der Waals surface area contributed by atoms with Crippen molar-refractivity contribution in [3.63, 3.8) is 0 Å². The molecule has 188 valence electrons. The van der Waals surface area contributed by atoms with Crippen LogP contribution >= 0.6 is 11.6 Å². The highest BCUT2D eigenvalue weighted by molar-refractivity contribution is 6.31. The van der Waals surface area contributed by atoms with Crippen molar-refractivity contribution < 1.29 is 14.3 Å². The lowest BCUT2D eigenvalue weighted by Gasteiger charge is -2.37. The fourth-order valence-corrected chi connectivity index (χ4v) is 5.06. The van der Waals surface area contributed by atoms with Gasteiger partial charge in [0.15, 0.2) is 5.41 Å². The number of ether oxygens (including phenoxy) is 2. The van der Waals surface area contributed by atoms with Gasteiger partial charge in [0.05, 0.1) is 13.2 Å². The Kier molecular flexibility index (Phi) is 7.57. The summed E-state index contributed by atoms with van der Waals surface area (Å²) in [6.07, 6.45) is 0.0595. The topological polar surface area (TPSA) is 59.3 Å². The standard InChI is InChI=1S/C32H30ClNO3/c1-31(2,3)37-30(35)32(21-34,20-23-13-6-9-18-27(23)33)29(26-16-8-10-19-28(26)36-4)25-17-11-14-22-12-5-7-15-24(22)25/h5-19,29H,20H2,1-4H3. The molecule has 5 heteroatoms. The first kappa shape index (κ1) is 26.3. The lowest BCUT2D eigenvalue weighted by molar-refractivity contribution is -0.165. The Labute approximate surface area is 223 Å². The minimum absolute atomic E-state index is 0.0595. The van der Waals surface area contributed by atoms with Gasteiger partial charge in [-0.05, 0) is 54.8 Å². The molecule has 0 aromatic heterocycles. The number of halogens is 1. The molecule has 2 unspecified atom stereocenters. The van der Waals surface area contributed by atoms with E-state index in [0.29, 0.717) is 16.3 Å². The molecule has 2 atom stereocenters. The van der Waals surface area contributed by atoms with Crippen molar-refractivity contribution in [2.24, 2.45) is 5.41 Å². The van der Waals surface area contributed by atoms with Crippen LogP contribution in [0.1, 0.15) is 43.4 Å². The van der Waals surface area contributed by atoms with E-state index in [1.165, 1.54) is 0 Å². The largest absolute Gasteiger partial charge is 0.496 e. The maximum absolute atomic E-state index is 14.2. The van der Waals surface area contributed by atoms with E-state index < -0.39 is 22.9 Å². The molecule has 0 radical (unpaired) electrons. The third kappa shape index (κ3) is 5.33. The van der Waals surface area contributed by atoms with Crippen molar-refractivity contribution in [2.45, 2.75) is 38.7 Å². The Morgan fingerprint density at radius 3 is 2.22 bits per heavy atom. The fourth-order valence-electron chi connectivity index (χ4n) is 4.86. The monoisotopic (exact) mass is 511 g/mol. The molecule has 0 saturated carbocycles. The van der Waals surface area contributed by atoms with E-state index in [1.807, 2.05) is 84.9 Å². The molecular formula is C32H30ClNO3. The van der Waals surface area contributed by atoms with E-state index in [1.54, 1.807) is 33.9 Å². The van der Waals surface area contributed by atoms with Crippen molar-refractivity contribution in [1.82, 2.24) is 0 Å². The van der Waals surface area contributed by atoms with Crippen molar-refractivity contribution in [1.29, 1.82) is 5.26 Å². The summed E-state index contributed by atoms with van der Waals surface area (Å²) in [6, 6.07) is 31.2. The molecule has 0 N–H and O–H groups in total. The minimum Gasteiger partial charge on any atom is -0.496 e. The molecule has 0 aliphatic carbocycles. The Hall–Kier alpha value is -3.81. The number of rotatable bonds is 7. The molecule has 4 rings (SSSR count). The quantitative estimate of drug-likeness (QED) is 0.238. The number of hydrogen-bond acceptors (Lipinski definition) is 4.